The van der Waals surface area contributed by atoms with Crippen molar-refractivity contribution in [2.75, 3.05) is 4.90 Å². The summed E-state index contributed by atoms with van der Waals surface area (Å²) in [7, 11) is 0. The summed E-state index contributed by atoms with van der Waals surface area (Å²) >= 11 is 6.04. The molecule has 4 amide bonds. The van der Waals surface area contributed by atoms with Crippen LogP contribution in [0.3, 0.4) is 0 Å². The Morgan fingerprint density at radius 1 is 0.917 bits per heavy atom. The number of carbonyl (C=O) groups is 3. The number of nitrogens with zero attached hydrogens (tertiary/aromatic N) is 1. The summed E-state index contributed by atoms with van der Waals surface area (Å²) in [6.45, 7) is 0.0690. The van der Waals surface area contributed by atoms with Gasteiger partial charge in [0.25, 0.3) is 11.8 Å². The van der Waals surface area contributed by atoms with Crippen LogP contribution in [0.1, 0.15) is 11.1 Å². The predicted octanol–water partition coefficient (Wildman–Crippen LogP) is 5.88. The Balaban J connectivity index is 1.59. The fourth-order valence-corrected chi connectivity index (χ4v) is 4.17. The molecular formula is C28H18ClFN2O4. The molecule has 0 spiro atoms. The fourth-order valence-electron chi connectivity index (χ4n) is 3.99. The molecule has 4 aromatic rings. The van der Waals surface area contributed by atoms with Crippen LogP contribution < -0.4 is 15.0 Å². The number of rotatable bonds is 5. The molecule has 0 atom stereocenters. The van der Waals surface area contributed by atoms with Crippen molar-refractivity contribution in [2.24, 2.45) is 0 Å². The smallest absolute Gasteiger partial charge is 0.335 e. The standard InChI is InChI=1S/C28H18ClFN2O4/c29-19-7-4-9-21(14-19)32-27(34)24(26(33)31-28(32)35)15-23-22-10-2-1-6-18(22)11-12-25(23)36-16-17-5-3-8-20(30)13-17/h1-15H,16H2,(H,31,33,35)/b24-15+. The Kier molecular flexibility index (Phi) is 6.23. The van der Waals surface area contributed by atoms with Gasteiger partial charge in [0, 0.05) is 10.6 Å². The van der Waals surface area contributed by atoms with E-state index in [9.17, 15) is 18.8 Å². The number of anilines is 1. The topological polar surface area (TPSA) is 75.7 Å². The molecule has 178 valence electrons. The first-order valence-corrected chi connectivity index (χ1v) is 11.3. The fraction of sp³-hybridized carbons (Fsp3) is 0.0357. The molecule has 1 N–H and O–H groups in total. The monoisotopic (exact) mass is 500 g/mol. The Morgan fingerprint density at radius 3 is 2.53 bits per heavy atom. The Hall–Kier alpha value is -4.49. The minimum absolute atomic E-state index is 0.0690. The maximum Gasteiger partial charge on any atom is 0.335 e. The van der Waals surface area contributed by atoms with E-state index in [4.69, 9.17) is 16.3 Å². The van der Waals surface area contributed by atoms with Gasteiger partial charge in [0.1, 0.15) is 23.7 Å². The molecule has 0 bridgehead atoms. The third-order valence-electron chi connectivity index (χ3n) is 5.67. The maximum absolute atomic E-state index is 13.6. The summed E-state index contributed by atoms with van der Waals surface area (Å²) in [6, 6.07) is 22.3. The van der Waals surface area contributed by atoms with Gasteiger partial charge in [-0.25, -0.2) is 14.1 Å². The molecule has 4 aromatic carbocycles. The number of halogens is 2. The summed E-state index contributed by atoms with van der Waals surface area (Å²) in [5.74, 6) is -1.62. The third kappa shape index (κ3) is 4.56. The van der Waals surface area contributed by atoms with Crippen molar-refractivity contribution in [3.63, 3.8) is 0 Å². The van der Waals surface area contributed by atoms with E-state index in [2.05, 4.69) is 5.32 Å². The van der Waals surface area contributed by atoms with Gasteiger partial charge < -0.3 is 4.74 Å². The maximum atomic E-state index is 13.6. The largest absolute Gasteiger partial charge is 0.488 e. The number of amides is 4. The van der Waals surface area contributed by atoms with Crippen molar-refractivity contribution < 1.29 is 23.5 Å². The van der Waals surface area contributed by atoms with E-state index < -0.39 is 17.8 Å². The van der Waals surface area contributed by atoms with Gasteiger partial charge in [0.15, 0.2) is 0 Å². The first kappa shape index (κ1) is 23.3. The average molecular weight is 501 g/mol. The van der Waals surface area contributed by atoms with Crippen molar-refractivity contribution in [3.05, 3.63) is 112 Å². The Bertz CT molecular complexity index is 1570. The molecule has 0 aromatic heterocycles. The van der Waals surface area contributed by atoms with Crippen LogP contribution in [-0.4, -0.2) is 17.8 Å². The number of barbiturate groups is 1. The van der Waals surface area contributed by atoms with Crippen LogP contribution in [0.5, 0.6) is 5.75 Å². The lowest BCUT2D eigenvalue weighted by Crippen LogP contribution is -2.54. The number of fused-ring (bicyclic) bond motifs is 1. The SMILES string of the molecule is O=C1NC(=O)N(c2cccc(Cl)c2)C(=O)/C1=C/c1c(OCc2cccc(F)c2)ccc2ccccc12. The highest BCUT2D eigenvalue weighted by Crippen LogP contribution is 2.32. The molecule has 0 aliphatic carbocycles. The number of carbonyl (C=O) groups excluding carboxylic acids is 3. The van der Waals surface area contributed by atoms with Crippen molar-refractivity contribution in [1.29, 1.82) is 0 Å². The molecule has 1 saturated heterocycles. The van der Waals surface area contributed by atoms with E-state index in [1.807, 2.05) is 30.3 Å². The Labute approximate surface area is 210 Å². The van der Waals surface area contributed by atoms with Crippen LogP contribution in [-0.2, 0) is 16.2 Å². The van der Waals surface area contributed by atoms with E-state index in [0.29, 0.717) is 21.9 Å². The number of hydrogen-bond donors (Lipinski definition) is 1. The Morgan fingerprint density at radius 2 is 1.72 bits per heavy atom. The second-order valence-corrected chi connectivity index (χ2v) is 8.49. The van der Waals surface area contributed by atoms with Gasteiger partial charge in [-0.3, -0.25) is 14.9 Å². The van der Waals surface area contributed by atoms with Gasteiger partial charge in [0.05, 0.1) is 5.69 Å². The van der Waals surface area contributed by atoms with Gasteiger partial charge >= 0.3 is 6.03 Å². The number of benzene rings is 4. The van der Waals surface area contributed by atoms with Crippen LogP contribution in [0, 0.1) is 5.82 Å². The molecule has 8 heteroatoms. The van der Waals surface area contributed by atoms with Crippen molar-refractivity contribution in [1.82, 2.24) is 5.32 Å². The quantitative estimate of drug-likeness (QED) is 0.274. The van der Waals surface area contributed by atoms with Crippen molar-refractivity contribution in [3.8, 4) is 5.75 Å². The molecule has 1 heterocycles. The molecule has 6 nitrogen and oxygen atoms in total. The molecule has 0 saturated carbocycles. The second kappa shape index (κ2) is 9.64. The van der Waals surface area contributed by atoms with Gasteiger partial charge in [-0.2, -0.15) is 0 Å². The zero-order valence-electron chi connectivity index (χ0n) is 18.7. The van der Waals surface area contributed by atoms with Crippen molar-refractivity contribution >= 4 is 52.0 Å². The molecule has 36 heavy (non-hydrogen) atoms. The lowest BCUT2D eigenvalue weighted by molar-refractivity contribution is -0.122. The highest BCUT2D eigenvalue weighted by atomic mass is 35.5. The minimum Gasteiger partial charge on any atom is -0.488 e. The molecule has 0 radical (unpaired) electrons. The lowest BCUT2D eigenvalue weighted by atomic mass is 9.99. The summed E-state index contributed by atoms with van der Waals surface area (Å²) in [5, 5.41) is 4.13. The molecular weight excluding hydrogens is 483 g/mol. The zero-order valence-corrected chi connectivity index (χ0v) is 19.5. The number of nitrogens with one attached hydrogen (secondary N) is 1. The minimum atomic E-state index is -0.870. The summed E-state index contributed by atoms with van der Waals surface area (Å²) in [6.07, 6.45) is 1.41. The molecule has 1 aliphatic heterocycles. The lowest BCUT2D eigenvalue weighted by Gasteiger charge is -2.26. The van der Waals surface area contributed by atoms with Gasteiger partial charge in [-0.1, -0.05) is 60.1 Å². The van der Waals surface area contributed by atoms with E-state index in [0.717, 1.165) is 15.7 Å². The van der Waals surface area contributed by atoms with E-state index >= 15 is 0 Å². The third-order valence-corrected chi connectivity index (χ3v) is 5.91. The van der Waals surface area contributed by atoms with Crippen LogP contribution >= 0.6 is 11.6 Å². The highest BCUT2D eigenvalue weighted by Gasteiger charge is 2.37. The molecule has 5 rings (SSSR count). The van der Waals surface area contributed by atoms with Crippen LogP contribution in [0.25, 0.3) is 16.8 Å². The van der Waals surface area contributed by atoms with Crippen LogP contribution in [0.2, 0.25) is 5.02 Å². The van der Waals surface area contributed by atoms with Crippen LogP contribution in [0.4, 0.5) is 14.9 Å². The van der Waals surface area contributed by atoms with Gasteiger partial charge in [0.2, 0.25) is 0 Å². The van der Waals surface area contributed by atoms with E-state index in [1.54, 1.807) is 36.4 Å². The number of ether oxygens (including phenoxy) is 1. The summed E-state index contributed by atoms with van der Waals surface area (Å²) in [5.41, 5.74) is 1.07. The molecule has 0 unspecified atom stereocenters. The number of imide groups is 2. The normalized spacial score (nSPS) is 14.9. The molecule has 1 aliphatic rings. The first-order valence-electron chi connectivity index (χ1n) is 11.0. The van der Waals surface area contributed by atoms with E-state index in [-0.39, 0.29) is 23.7 Å². The molecule has 1 fully saturated rings. The van der Waals surface area contributed by atoms with Crippen molar-refractivity contribution in [2.45, 2.75) is 6.61 Å². The summed E-state index contributed by atoms with van der Waals surface area (Å²) < 4.78 is 19.6. The van der Waals surface area contributed by atoms with Crippen LogP contribution in [0.15, 0.2) is 90.5 Å². The summed E-state index contributed by atoms with van der Waals surface area (Å²) in [4.78, 5) is 39.5. The highest BCUT2D eigenvalue weighted by molar-refractivity contribution is 6.39. The number of urea groups is 1. The second-order valence-electron chi connectivity index (χ2n) is 8.05. The zero-order chi connectivity index (χ0) is 25.2. The number of hydrogen-bond acceptors (Lipinski definition) is 4. The first-order chi connectivity index (χ1) is 17.4. The van der Waals surface area contributed by atoms with Gasteiger partial charge in [-0.05, 0) is 58.8 Å². The van der Waals surface area contributed by atoms with Gasteiger partial charge in [-0.15, -0.1) is 0 Å². The predicted molar refractivity (Wildman–Crippen MR) is 135 cm³/mol. The average Bonchev–Trinajstić information content (AvgIpc) is 2.85. The van der Waals surface area contributed by atoms with E-state index in [1.165, 1.54) is 24.3 Å².